The number of nitrogens with two attached hydrogens (primary N) is 1. The first kappa shape index (κ1) is 21.4. The quantitative estimate of drug-likeness (QED) is 0.375. The summed E-state index contributed by atoms with van der Waals surface area (Å²) in [7, 11) is 1.29. The average molecular weight is 405 g/mol. The number of hydrogen-bond acceptors (Lipinski definition) is 7. The molecular weight excluding hydrogens is 384 g/mol. The predicted molar refractivity (Wildman–Crippen MR) is 105 cm³/mol. The first-order valence-corrected chi connectivity index (χ1v) is 8.90. The van der Waals surface area contributed by atoms with Crippen LogP contribution in [-0.4, -0.2) is 38.0 Å². The molecule has 0 bridgehead atoms. The second-order valence-corrected chi connectivity index (χ2v) is 6.35. The van der Waals surface area contributed by atoms with Crippen LogP contribution < -0.4 is 11.1 Å². The zero-order valence-electron chi connectivity index (χ0n) is 15.4. The zero-order valence-corrected chi connectivity index (χ0v) is 16.1. The Morgan fingerprint density at radius 1 is 1.07 bits per heavy atom. The van der Waals surface area contributed by atoms with E-state index in [0.717, 1.165) is 5.56 Å². The number of nitrogen functional groups attached to an aromatic ring is 1. The molecule has 0 saturated carbocycles. The number of halogens is 1. The van der Waals surface area contributed by atoms with E-state index >= 15 is 0 Å². The van der Waals surface area contributed by atoms with Crippen molar-refractivity contribution in [3.05, 3.63) is 64.2 Å². The fraction of sp³-hybridized carbons (Fsp3) is 0.250. The third-order valence-corrected chi connectivity index (χ3v) is 4.16. The molecule has 2 aromatic carbocycles. The highest BCUT2D eigenvalue weighted by Crippen LogP contribution is 2.15. The second-order valence-electron chi connectivity index (χ2n) is 5.91. The third kappa shape index (κ3) is 6.37. The van der Waals surface area contributed by atoms with Gasteiger partial charge in [0.1, 0.15) is 0 Å². The van der Waals surface area contributed by atoms with E-state index < -0.39 is 11.9 Å². The molecular formula is C20H21ClN2O5. The van der Waals surface area contributed by atoms with Gasteiger partial charge in [0.05, 0.1) is 25.8 Å². The maximum Gasteiger partial charge on any atom is 0.337 e. The summed E-state index contributed by atoms with van der Waals surface area (Å²) in [6.45, 7) is 0.289. The molecule has 0 radical (unpaired) electrons. The van der Waals surface area contributed by atoms with Gasteiger partial charge in [-0.1, -0.05) is 17.7 Å². The van der Waals surface area contributed by atoms with Gasteiger partial charge in [0.15, 0.2) is 5.78 Å². The Morgan fingerprint density at radius 2 is 1.75 bits per heavy atom. The third-order valence-electron chi connectivity index (χ3n) is 3.91. The van der Waals surface area contributed by atoms with Crippen molar-refractivity contribution in [1.29, 1.82) is 0 Å². The molecule has 2 rings (SSSR count). The molecule has 3 N–H and O–H groups in total. The molecule has 0 amide bonds. The van der Waals surface area contributed by atoms with Crippen molar-refractivity contribution in [1.82, 2.24) is 5.32 Å². The molecule has 0 saturated heterocycles. The van der Waals surface area contributed by atoms with Crippen LogP contribution in [0.5, 0.6) is 0 Å². The summed E-state index contributed by atoms with van der Waals surface area (Å²) in [4.78, 5) is 35.2. The lowest BCUT2D eigenvalue weighted by molar-refractivity contribution is -0.142. The number of hydrogen-bond donors (Lipinski definition) is 2. The van der Waals surface area contributed by atoms with Gasteiger partial charge in [-0.25, -0.2) is 4.79 Å². The molecule has 0 aliphatic heterocycles. The Bertz CT molecular complexity index is 852. The zero-order chi connectivity index (χ0) is 20.5. The summed E-state index contributed by atoms with van der Waals surface area (Å²) >= 11 is 5.78. The van der Waals surface area contributed by atoms with Crippen LogP contribution in [0.15, 0.2) is 42.5 Å². The maximum absolute atomic E-state index is 12.0. The SMILES string of the molecule is COC(=O)c1ccc(CNCC(=O)OCCC(=O)c2ccc(Cl)cc2)c(N)c1. The number of carbonyl (C=O) groups is 3. The highest BCUT2D eigenvalue weighted by Gasteiger charge is 2.10. The van der Waals surface area contributed by atoms with Crippen LogP contribution in [0.4, 0.5) is 5.69 Å². The van der Waals surface area contributed by atoms with E-state index in [0.29, 0.717) is 28.4 Å². The Balaban J connectivity index is 1.70. The Kier molecular flexibility index (Phi) is 7.98. The molecule has 2 aromatic rings. The molecule has 8 heteroatoms. The van der Waals surface area contributed by atoms with Crippen molar-refractivity contribution in [3.63, 3.8) is 0 Å². The molecule has 0 unspecified atom stereocenters. The van der Waals surface area contributed by atoms with Crippen molar-refractivity contribution in [2.24, 2.45) is 0 Å². The van der Waals surface area contributed by atoms with Gasteiger partial charge in [-0.2, -0.15) is 0 Å². The number of rotatable bonds is 9. The summed E-state index contributed by atoms with van der Waals surface area (Å²) in [6.07, 6.45) is 0.0926. The Hall–Kier alpha value is -2.90. The van der Waals surface area contributed by atoms with Crippen molar-refractivity contribution in [2.75, 3.05) is 26.0 Å². The molecule has 7 nitrogen and oxygen atoms in total. The lowest BCUT2D eigenvalue weighted by Gasteiger charge is -2.09. The molecule has 0 spiro atoms. The number of nitrogens with one attached hydrogen (secondary N) is 1. The van der Waals surface area contributed by atoms with E-state index in [1.165, 1.54) is 13.2 Å². The number of methoxy groups -OCH3 is 1. The van der Waals surface area contributed by atoms with Crippen LogP contribution >= 0.6 is 11.6 Å². The first-order valence-electron chi connectivity index (χ1n) is 8.52. The van der Waals surface area contributed by atoms with Crippen LogP contribution in [0, 0.1) is 0 Å². The number of ether oxygens (including phenoxy) is 2. The lowest BCUT2D eigenvalue weighted by atomic mass is 10.1. The molecule has 0 heterocycles. The van der Waals surface area contributed by atoms with Crippen LogP contribution in [0.2, 0.25) is 5.02 Å². The largest absolute Gasteiger partial charge is 0.465 e. The van der Waals surface area contributed by atoms with E-state index in [4.69, 9.17) is 22.1 Å². The number of esters is 2. The number of Topliss-reactive ketones (excluding diaryl/α,β-unsaturated/α-hetero) is 1. The molecule has 0 atom stereocenters. The van der Waals surface area contributed by atoms with E-state index in [2.05, 4.69) is 10.1 Å². The number of ketones is 1. The highest BCUT2D eigenvalue weighted by molar-refractivity contribution is 6.30. The van der Waals surface area contributed by atoms with Gasteiger partial charge < -0.3 is 20.5 Å². The van der Waals surface area contributed by atoms with E-state index in [9.17, 15) is 14.4 Å². The standard InChI is InChI=1S/C20H21ClN2O5/c1-27-20(26)14-2-3-15(17(22)10-14)11-23-12-19(25)28-9-8-18(24)13-4-6-16(21)7-5-13/h2-7,10,23H,8-9,11-12,22H2,1H3. The summed E-state index contributed by atoms with van der Waals surface area (Å²) in [6, 6.07) is 11.3. The van der Waals surface area contributed by atoms with Gasteiger partial charge >= 0.3 is 11.9 Å². The van der Waals surface area contributed by atoms with Crippen LogP contribution in [0.25, 0.3) is 0 Å². The van der Waals surface area contributed by atoms with Crippen molar-refractivity contribution < 1.29 is 23.9 Å². The van der Waals surface area contributed by atoms with Crippen molar-refractivity contribution in [2.45, 2.75) is 13.0 Å². The first-order chi connectivity index (χ1) is 13.4. The molecule has 0 fully saturated rings. The minimum Gasteiger partial charge on any atom is -0.465 e. The smallest absolute Gasteiger partial charge is 0.337 e. The van der Waals surface area contributed by atoms with Gasteiger partial charge in [0, 0.05) is 29.2 Å². The summed E-state index contributed by atoms with van der Waals surface area (Å²) in [5.74, 6) is -1.08. The number of anilines is 1. The maximum atomic E-state index is 12.0. The minimum atomic E-state index is -0.478. The molecule has 28 heavy (non-hydrogen) atoms. The molecule has 0 aliphatic carbocycles. The Morgan fingerprint density at radius 3 is 2.39 bits per heavy atom. The number of benzene rings is 2. The van der Waals surface area contributed by atoms with Gasteiger partial charge in [0.25, 0.3) is 0 Å². The average Bonchev–Trinajstić information content (AvgIpc) is 2.69. The van der Waals surface area contributed by atoms with Crippen LogP contribution in [-0.2, 0) is 20.8 Å². The van der Waals surface area contributed by atoms with E-state index in [1.54, 1.807) is 36.4 Å². The minimum absolute atomic E-state index is 0.00205. The highest BCUT2D eigenvalue weighted by atomic mass is 35.5. The predicted octanol–water partition coefficient (Wildman–Crippen LogP) is 2.61. The van der Waals surface area contributed by atoms with Crippen molar-refractivity contribution >= 4 is 35.0 Å². The topological polar surface area (TPSA) is 108 Å². The van der Waals surface area contributed by atoms with Crippen LogP contribution in [0.3, 0.4) is 0 Å². The van der Waals surface area contributed by atoms with E-state index in [-0.39, 0.29) is 25.4 Å². The van der Waals surface area contributed by atoms with Gasteiger partial charge in [-0.05, 0) is 42.0 Å². The Labute approximate surface area is 167 Å². The number of carbonyl (C=O) groups excluding carboxylic acids is 3. The summed E-state index contributed by atoms with van der Waals surface area (Å²) < 4.78 is 9.68. The fourth-order valence-electron chi connectivity index (χ4n) is 2.39. The normalized spacial score (nSPS) is 10.4. The van der Waals surface area contributed by atoms with E-state index in [1.807, 2.05) is 0 Å². The fourth-order valence-corrected chi connectivity index (χ4v) is 2.51. The van der Waals surface area contributed by atoms with Gasteiger partial charge in [-0.3, -0.25) is 9.59 Å². The van der Waals surface area contributed by atoms with Crippen molar-refractivity contribution in [3.8, 4) is 0 Å². The summed E-state index contributed by atoms with van der Waals surface area (Å²) in [5.41, 5.74) is 7.92. The van der Waals surface area contributed by atoms with Gasteiger partial charge in [-0.15, -0.1) is 0 Å². The monoisotopic (exact) mass is 404 g/mol. The van der Waals surface area contributed by atoms with Gasteiger partial charge in [0.2, 0.25) is 0 Å². The molecule has 0 aliphatic rings. The summed E-state index contributed by atoms with van der Waals surface area (Å²) in [5, 5.41) is 3.46. The molecule has 0 aromatic heterocycles. The van der Waals surface area contributed by atoms with Crippen LogP contribution in [0.1, 0.15) is 32.7 Å². The molecule has 148 valence electrons. The second kappa shape index (κ2) is 10.4. The lowest BCUT2D eigenvalue weighted by Crippen LogP contribution is -2.25.